The summed E-state index contributed by atoms with van der Waals surface area (Å²) < 4.78 is 0. The first kappa shape index (κ1) is 13.0. The van der Waals surface area contributed by atoms with Gasteiger partial charge in [-0.25, -0.2) is 10.4 Å². The second kappa shape index (κ2) is 5.54. The molecule has 0 radical (unpaired) electrons. The van der Waals surface area contributed by atoms with Crippen molar-refractivity contribution in [1.29, 1.82) is 0 Å². The van der Waals surface area contributed by atoms with Gasteiger partial charge in [-0.1, -0.05) is 41.9 Å². The average molecular weight is 285 g/mol. The fourth-order valence-corrected chi connectivity index (χ4v) is 2.40. The number of nitrogens with zero attached hydrogens (tertiary/aromatic N) is 2. The Balaban J connectivity index is 2.10. The smallest absolute Gasteiger partial charge is 0.0911 e. The minimum atomic E-state index is -0.291. The van der Waals surface area contributed by atoms with Crippen LogP contribution in [0.1, 0.15) is 17.3 Å². The molecule has 3 aromatic rings. The second-order valence-electron chi connectivity index (χ2n) is 4.40. The van der Waals surface area contributed by atoms with Crippen molar-refractivity contribution in [2.45, 2.75) is 6.04 Å². The van der Waals surface area contributed by atoms with Gasteiger partial charge in [-0.05, 0) is 23.8 Å². The number of fused-ring (bicyclic) bond motifs is 1. The molecule has 3 N–H and O–H groups in total. The summed E-state index contributed by atoms with van der Waals surface area (Å²) in [7, 11) is 0. The zero-order chi connectivity index (χ0) is 13.9. The number of nitrogens with two attached hydrogens (primary N) is 1. The first-order chi connectivity index (χ1) is 9.79. The Morgan fingerprint density at radius 2 is 1.70 bits per heavy atom. The van der Waals surface area contributed by atoms with Crippen LogP contribution in [0.15, 0.2) is 54.7 Å². The summed E-state index contributed by atoms with van der Waals surface area (Å²) in [6.07, 6.45) is 1.72. The van der Waals surface area contributed by atoms with E-state index in [0.717, 1.165) is 22.3 Å². The molecule has 1 atom stereocenters. The fourth-order valence-electron chi connectivity index (χ4n) is 2.15. The molecule has 0 aliphatic carbocycles. The highest BCUT2D eigenvalue weighted by molar-refractivity contribution is 6.31. The lowest BCUT2D eigenvalue weighted by molar-refractivity contribution is 0.621. The second-order valence-corrected chi connectivity index (χ2v) is 4.81. The molecule has 0 aliphatic rings. The van der Waals surface area contributed by atoms with Crippen LogP contribution in [-0.4, -0.2) is 9.97 Å². The molecule has 0 saturated carbocycles. The van der Waals surface area contributed by atoms with Gasteiger partial charge in [0, 0.05) is 5.02 Å². The first-order valence-corrected chi connectivity index (χ1v) is 6.59. The summed E-state index contributed by atoms with van der Waals surface area (Å²) in [6.45, 7) is 0. The van der Waals surface area contributed by atoms with Crippen molar-refractivity contribution in [3.8, 4) is 0 Å². The number of hydrogen-bond acceptors (Lipinski definition) is 4. The van der Waals surface area contributed by atoms with Crippen molar-refractivity contribution in [2.75, 3.05) is 0 Å². The van der Waals surface area contributed by atoms with Crippen LogP contribution in [0.3, 0.4) is 0 Å². The van der Waals surface area contributed by atoms with Crippen molar-refractivity contribution < 1.29 is 0 Å². The molecule has 2 aromatic carbocycles. The highest BCUT2D eigenvalue weighted by atomic mass is 35.5. The van der Waals surface area contributed by atoms with Gasteiger partial charge in [-0.15, -0.1) is 0 Å². The quantitative estimate of drug-likeness (QED) is 0.573. The summed E-state index contributed by atoms with van der Waals surface area (Å²) in [5.41, 5.74) is 6.05. The monoisotopic (exact) mass is 284 g/mol. The molecule has 0 spiro atoms. The predicted molar refractivity (Wildman–Crippen MR) is 80.2 cm³/mol. The Labute approximate surface area is 121 Å². The van der Waals surface area contributed by atoms with Crippen LogP contribution < -0.4 is 11.3 Å². The predicted octanol–water partition coefficient (Wildman–Crippen LogP) is 2.84. The van der Waals surface area contributed by atoms with Crippen molar-refractivity contribution in [2.24, 2.45) is 5.84 Å². The van der Waals surface area contributed by atoms with Crippen LogP contribution in [0.4, 0.5) is 0 Å². The van der Waals surface area contributed by atoms with Gasteiger partial charge in [-0.2, -0.15) is 0 Å². The van der Waals surface area contributed by atoms with E-state index in [1.807, 2.05) is 48.5 Å². The molecule has 5 heteroatoms. The van der Waals surface area contributed by atoms with Crippen molar-refractivity contribution in [3.63, 3.8) is 0 Å². The number of halogens is 1. The van der Waals surface area contributed by atoms with Gasteiger partial charge in [-0.3, -0.25) is 10.8 Å². The van der Waals surface area contributed by atoms with Gasteiger partial charge >= 0.3 is 0 Å². The molecule has 100 valence electrons. The molecule has 4 nitrogen and oxygen atoms in total. The normalized spacial score (nSPS) is 12.5. The molecule has 0 fully saturated rings. The molecule has 0 amide bonds. The molecule has 1 unspecified atom stereocenters. The van der Waals surface area contributed by atoms with E-state index in [4.69, 9.17) is 17.4 Å². The zero-order valence-electron chi connectivity index (χ0n) is 10.6. The topological polar surface area (TPSA) is 63.8 Å². The number of hydrazine groups is 1. The van der Waals surface area contributed by atoms with E-state index < -0.39 is 0 Å². The van der Waals surface area contributed by atoms with E-state index in [-0.39, 0.29) is 6.04 Å². The third-order valence-corrected chi connectivity index (χ3v) is 3.49. The zero-order valence-corrected chi connectivity index (χ0v) is 11.4. The van der Waals surface area contributed by atoms with Crippen LogP contribution in [0.5, 0.6) is 0 Å². The highest BCUT2D eigenvalue weighted by Gasteiger charge is 2.17. The van der Waals surface area contributed by atoms with E-state index in [2.05, 4.69) is 15.4 Å². The molecule has 0 bridgehead atoms. The Morgan fingerprint density at radius 1 is 1.00 bits per heavy atom. The molecule has 3 rings (SSSR count). The third kappa shape index (κ3) is 2.36. The van der Waals surface area contributed by atoms with Crippen LogP contribution in [-0.2, 0) is 0 Å². The molecule has 1 aromatic heterocycles. The lowest BCUT2D eigenvalue weighted by Crippen LogP contribution is -2.29. The van der Waals surface area contributed by atoms with Gasteiger partial charge in [0.2, 0.25) is 0 Å². The number of rotatable bonds is 3. The summed E-state index contributed by atoms with van der Waals surface area (Å²) in [5, 5.41) is 0.644. The van der Waals surface area contributed by atoms with Gasteiger partial charge in [0.05, 0.1) is 29.0 Å². The van der Waals surface area contributed by atoms with Crippen LogP contribution in [0, 0.1) is 0 Å². The van der Waals surface area contributed by atoms with E-state index in [0.29, 0.717) is 5.02 Å². The van der Waals surface area contributed by atoms with Gasteiger partial charge in [0.1, 0.15) is 0 Å². The first-order valence-electron chi connectivity index (χ1n) is 6.22. The lowest BCUT2D eigenvalue weighted by atomic mass is 10.0. The molecule has 0 saturated heterocycles. The molecule has 20 heavy (non-hydrogen) atoms. The van der Waals surface area contributed by atoms with Gasteiger partial charge in [0.15, 0.2) is 0 Å². The average Bonchev–Trinajstić information content (AvgIpc) is 2.50. The van der Waals surface area contributed by atoms with Crippen LogP contribution >= 0.6 is 11.6 Å². The summed E-state index contributed by atoms with van der Waals surface area (Å²) in [6, 6.07) is 15.0. The Bertz CT molecular complexity index is 745. The van der Waals surface area contributed by atoms with Crippen LogP contribution in [0.2, 0.25) is 5.02 Å². The standard InChI is InChI=1S/C15H13ClN4/c16-11-6-2-1-5-10(11)15(20-17)14-9-18-12-7-3-4-8-13(12)19-14/h1-9,15,20H,17H2. The Kier molecular flexibility index (Phi) is 3.60. The Hall–Kier alpha value is -2.01. The van der Waals surface area contributed by atoms with Gasteiger partial charge in [0.25, 0.3) is 0 Å². The molecular weight excluding hydrogens is 272 g/mol. The minimum Gasteiger partial charge on any atom is -0.271 e. The SMILES string of the molecule is NNC(c1cnc2ccccc2n1)c1ccccc1Cl. The third-order valence-electron chi connectivity index (χ3n) is 3.15. The van der Waals surface area contributed by atoms with E-state index in [9.17, 15) is 0 Å². The van der Waals surface area contributed by atoms with Crippen molar-refractivity contribution in [3.05, 3.63) is 71.0 Å². The number of hydrogen-bond donors (Lipinski definition) is 2. The van der Waals surface area contributed by atoms with Crippen molar-refractivity contribution >= 4 is 22.6 Å². The van der Waals surface area contributed by atoms with E-state index >= 15 is 0 Å². The maximum Gasteiger partial charge on any atom is 0.0911 e. The largest absolute Gasteiger partial charge is 0.271 e. The van der Waals surface area contributed by atoms with E-state index in [1.165, 1.54) is 0 Å². The number of para-hydroxylation sites is 2. The lowest BCUT2D eigenvalue weighted by Gasteiger charge is -2.17. The number of aromatic nitrogens is 2. The molecule has 0 aliphatic heterocycles. The maximum atomic E-state index is 6.22. The maximum absolute atomic E-state index is 6.22. The van der Waals surface area contributed by atoms with E-state index in [1.54, 1.807) is 6.20 Å². The number of nitrogens with one attached hydrogen (secondary N) is 1. The number of benzene rings is 2. The van der Waals surface area contributed by atoms with Crippen LogP contribution in [0.25, 0.3) is 11.0 Å². The Morgan fingerprint density at radius 3 is 2.45 bits per heavy atom. The fraction of sp³-hybridized carbons (Fsp3) is 0.0667. The molecular formula is C15H13ClN4. The minimum absolute atomic E-state index is 0.291. The summed E-state index contributed by atoms with van der Waals surface area (Å²) >= 11 is 6.22. The highest BCUT2D eigenvalue weighted by Crippen LogP contribution is 2.26. The summed E-state index contributed by atoms with van der Waals surface area (Å²) in [5.74, 6) is 5.67. The molecule has 1 heterocycles. The van der Waals surface area contributed by atoms with Crippen molar-refractivity contribution in [1.82, 2.24) is 15.4 Å². The summed E-state index contributed by atoms with van der Waals surface area (Å²) in [4.78, 5) is 9.00. The van der Waals surface area contributed by atoms with Gasteiger partial charge < -0.3 is 0 Å².